The lowest BCUT2D eigenvalue weighted by Crippen LogP contribution is -2.10. The van der Waals surface area contributed by atoms with E-state index in [9.17, 15) is 4.39 Å². The Morgan fingerprint density at radius 3 is 2.47 bits per heavy atom. The highest BCUT2D eigenvalue weighted by atomic mass is 35.5. The van der Waals surface area contributed by atoms with Gasteiger partial charge in [-0.05, 0) is 74.3 Å². The number of ether oxygens (including phenoxy) is 1. The van der Waals surface area contributed by atoms with Gasteiger partial charge >= 0.3 is 0 Å². The molecule has 0 aliphatic rings. The summed E-state index contributed by atoms with van der Waals surface area (Å²) in [4.78, 5) is 15.1. The number of nitrogens with zero attached hydrogens (tertiary/aromatic N) is 3. The first-order valence-corrected chi connectivity index (χ1v) is 12.5. The van der Waals surface area contributed by atoms with Crippen LogP contribution in [0.1, 0.15) is 22.4 Å². The van der Waals surface area contributed by atoms with Gasteiger partial charge in [-0.1, -0.05) is 41.4 Å². The second kappa shape index (κ2) is 12.1. The third kappa shape index (κ3) is 6.63. The van der Waals surface area contributed by atoms with Crippen LogP contribution in [-0.4, -0.2) is 33.9 Å². The molecule has 0 aliphatic heterocycles. The van der Waals surface area contributed by atoms with E-state index in [2.05, 4.69) is 22.0 Å². The van der Waals surface area contributed by atoms with Crippen molar-refractivity contribution in [3.8, 4) is 17.3 Å². The Labute approximate surface area is 237 Å². The highest BCUT2D eigenvalue weighted by Crippen LogP contribution is 2.28. The number of rotatable bonds is 8. The summed E-state index contributed by atoms with van der Waals surface area (Å²) in [5.41, 5.74) is 5.91. The first-order valence-electron chi connectivity index (χ1n) is 11.8. The lowest BCUT2D eigenvalue weighted by atomic mass is 10.1. The summed E-state index contributed by atoms with van der Waals surface area (Å²) < 4.78 is 20.2. The summed E-state index contributed by atoms with van der Waals surface area (Å²) in [7, 11) is 4.09. The van der Waals surface area contributed by atoms with Gasteiger partial charge < -0.3 is 14.6 Å². The Hall–Kier alpha value is -3.16. The van der Waals surface area contributed by atoms with E-state index in [1.165, 1.54) is 11.6 Å². The quantitative estimate of drug-likeness (QED) is 0.207. The molecule has 0 unspecified atom stereocenters. The van der Waals surface area contributed by atoms with Gasteiger partial charge in [0.25, 0.3) is 0 Å². The normalized spacial score (nSPS) is 11.1. The van der Waals surface area contributed by atoms with Crippen molar-refractivity contribution in [3.63, 3.8) is 0 Å². The van der Waals surface area contributed by atoms with Gasteiger partial charge in [-0.2, -0.15) is 0 Å². The van der Waals surface area contributed by atoms with Crippen molar-refractivity contribution in [1.29, 1.82) is 0 Å². The largest absolute Gasteiger partial charge is 0.489 e. The van der Waals surface area contributed by atoms with Crippen molar-refractivity contribution >= 4 is 46.6 Å². The van der Waals surface area contributed by atoms with E-state index in [0.29, 0.717) is 33.6 Å². The van der Waals surface area contributed by atoms with Crippen LogP contribution in [-0.2, 0) is 19.6 Å². The second-order valence-corrected chi connectivity index (χ2v) is 10.0. The first-order chi connectivity index (χ1) is 17.8. The molecular formula is C29H26Cl3FN4O. The second-order valence-electron chi connectivity index (χ2n) is 9.14. The fourth-order valence-corrected chi connectivity index (χ4v) is 4.52. The predicted molar refractivity (Wildman–Crippen MR) is 154 cm³/mol. The molecule has 5 nitrogen and oxygen atoms in total. The summed E-state index contributed by atoms with van der Waals surface area (Å²) >= 11 is 12.2. The van der Waals surface area contributed by atoms with Crippen molar-refractivity contribution < 1.29 is 9.13 Å². The number of hydrogen-bond acceptors (Lipinski definition) is 4. The first kappa shape index (κ1) is 27.9. The Kier molecular flexibility index (Phi) is 8.90. The monoisotopic (exact) mass is 570 g/mol. The maximum Gasteiger partial charge on any atom is 0.157 e. The molecule has 2 heterocycles. The number of fused-ring (bicyclic) bond motifs is 1. The third-order valence-corrected chi connectivity index (χ3v) is 6.36. The maximum absolute atomic E-state index is 14.2. The van der Waals surface area contributed by atoms with Crippen LogP contribution in [0.5, 0.6) is 5.75 Å². The number of pyridine rings is 1. The summed E-state index contributed by atoms with van der Waals surface area (Å²) in [5, 5.41) is 0.930. The van der Waals surface area contributed by atoms with E-state index < -0.39 is 5.82 Å². The molecule has 3 aromatic carbocycles. The number of hydrogen-bond donors (Lipinski definition) is 1. The smallest absolute Gasteiger partial charge is 0.157 e. The molecule has 2 aromatic heterocycles. The Balaban J connectivity index is 0.00000336. The van der Waals surface area contributed by atoms with Gasteiger partial charge in [0.1, 0.15) is 23.9 Å². The molecule has 5 rings (SSSR count). The van der Waals surface area contributed by atoms with Crippen molar-refractivity contribution in [2.75, 3.05) is 14.1 Å². The zero-order valence-electron chi connectivity index (χ0n) is 20.8. The van der Waals surface area contributed by atoms with Crippen molar-refractivity contribution in [2.24, 2.45) is 0 Å². The van der Waals surface area contributed by atoms with Crippen molar-refractivity contribution in [1.82, 2.24) is 19.9 Å². The van der Waals surface area contributed by atoms with Gasteiger partial charge in [0.2, 0.25) is 0 Å². The molecule has 0 amide bonds. The fourth-order valence-electron chi connectivity index (χ4n) is 4.16. The molecule has 0 spiro atoms. The van der Waals surface area contributed by atoms with E-state index in [-0.39, 0.29) is 19.0 Å². The van der Waals surface area contributed by atoms with Gasteiger partial charge in [-0.3, -0.25) is 0 Å². The van der Waals surface area contributed by atoms with Gasteiger partial charge in [0.15, 0.2) is 5.82 Å². The van der Waals surface area contributed by atoms with Crippen LogP contribution in [0.3, 0.4) is 0 Å². The predicted octanol–water partition coefficient (Wildman–Crippen LogP) is 7.72. The number of imidazole rings is 1. The highest BCUT2D eigenvalue weighted by molar-refractivity contribution is 6.30. The van der Waals surface area contributed by atoms with Crippen molar-refractivity contribution in [3.05, 3.63) is 111 Å². The summed E-state index contributed by atoms with van der Waals surface area (Å²) in [6, 6.07) is 22.0. The maximum atomic E-state index is 14.2. The highest BCUT2D eigenvalue weighted by Gasteiger charge is 2.12. The Morgan fingerprint density at radius 1 is 0.895 bits per heavy atom. The molecule has 38 heavy (non-hydrogen) atoms. The lowest BCUT2D eigenvalue weighted by Gasteiger charge is -2.13. The van der Waals surface area contributed by atoms with Crippen LogP contribution >= 0.6 is 35.6 Å². The SMILES string of the molecule is CN(C)Cc1ccc2[nH]c(-c3cccc(Cc4cc(Cl)ccc4OCc4ccc(Cl)cc4F)n3)nc2c1.Cl. The van der Waals surface area contributed by atoms with Crippen LogP contribution in [0, 0.1) is 5.82 Å². The van der Waals surface area contributed by atoms with Crippen LogP contribution in [0.2, 0.25) is 10.0 Å². The molecule has 5 aromatic rings. The van der Waals surface area contributed by atoms with Crippen LogP contribution in [0.4, 0.5) is 4.39 Å². The molecule has 0 aliphatic carbocycles. The minimum absolute atomic E-state index is 0. The van der Waals surface area contributed by atoms with Crippen LogP contribution in [0.15, 0.2) is 72.8 Å². The molecule has 0 radical (unpaired) electrons. The van der Waals surface area contributed by atoms with Crippen LogP contribution in [0.25, 0.3) is 22.6 Å². The number of aromatic amines is 1. The molecule has 0 saturated carbocycles. The Bertz CT molecular complexity index is 1570. The zero-order valence-corrected chi connectivity index (χ0v) is 23.2. The molecule has 0 fully saturated rings. The molecule has 0 bridgehead atoms. The van der Waals surface area contributed by atoms with Crippen LogP contribution < -0.4 is 4.74 Å². The average molecular weight is 572 g/mol. The molecule has 0 saturated heterocycles. The van der Waals surface area contributed by atoms with E-state index in [0.717, 1.165) is 34.5 Å². The average Bonchev–Trinajstić information content (AvgIpc) is 3.28. The molecule has 196 valence electrons. The molecular weight excluding hydrogens is 546 g/mol. The van der Waals surface area contributed by atoms with Gasteiger partial charge in [0.05, 0.1) is 11.0 Å². The summed E-state index contributed by atoms with van der Waals surface area (Å²) in [6.07, 6.45) is 0.486. The van der Waals surface area contributed by atoms with Gasteiger partial charge in [-0.15, -0.1) is 12.4 Å². The van der Waals surface area contributed by atoms with Gasteiger partial charge in [-0.25, -0.2) is 14.4 Å². The zero-order chi connectivity index (χ0) is 25.9. The number of benzene rings is 3. The third-order valence-electron chi connectivity index (χ3n) is 5.89. The number of H-pyrrole nitrogens is 1. The van der Waals surface area contributed by atoms with Gasteiger partial charge in [0, 0.05) is 39.8 Å². The summed E-state index contributed by atoms with van der Waals surface area (Å²) in [6.45, 7) is 0.917. The summed E-state index contributed by atoms with van der Waals surface area (Å²) in [5.74, 6) is 0.916. The fraction of sp³-hybridized carbons (Fsp3) is 0.172. The molecule has 1 N–H and O–H groups in total. The van der Waals surface area contributed by atoms with E-state index in [1.54, 1.807) is 24.3 Å². The topological polar surface area (TPSA) is 54.0 Å². The minimum atomic E-state index is -0.406. The number of nitrogens with one attached hydrogen (secondary N) is 1. The molecule has 0 atom stereocenters. The lowest BCUT2D eigenvalue weighted by molar-refractivity contribution is 0.297. The number of halogens is 4. The number of aromatic nitrogens is 3. The Morgan fingerprint density at radius 2 is 1.68 bits per heavy atom. The van der Waals surface area contributed by atoms with Crippen molar-refractivity contribution in [2.45, 2.75) is 19.6 Å². The minimum Gasteiger partial charge on any atom is -0.489 e. The van der Waals surface area contributed by atoms with E-state index >= 15 is 0 Å². The van der Waals surface area contributed by atoms with E-state index in [4.69, 9.17) is 37.9 Å². The standard InChI is InChI=1S/C29H25Cl2FN4O.ClH/c1-36(2)16-18-6-10-25-27(12-18)35-29(34-25)26-5-3-4-23(33-26)14-20-13-21(30)9-11-28(20)37-17-19-7-8-22(31)15-24(19)32;/h3-13,15H,14,16-17H2,1-2H3,(H,34,35);1H. The molecule has 9 heteroatoms. The van der Waals surface area contributed by atoms with E-state index in [1.807, 2.05) is 44.4 Å².